The van der Waals surface area contributed by atoms with E-state index < -0.39 is 0 Å². The Hall–Kier alpha value is -1.43. The van der Waals surface area contributed by atoms with Crippen LogP contribution in [0.5, 0.6) is 0 Å². The third kappa shape index (κ3) is 4.56. The van der Waals surface area contributed by atoms with Crippen LogP contribution in [-0.4, -0.2) is 45.4 Å². The fourth-order valence-electron chi connectivity index (χ4n) is 3.36. The highest BCUT2D eigenvalue weighted by Gasteiger charge is 2.24. The van der Waals surface area contributed by atoms with Crippen molar-refractivity contribution in [1.82, 2.24) is 15.0 Å². The number of hydrogen-bond donors (Lipinski definition) is 1. The van der Waals surface area contributed by atoms with Crippen molar-refractivity contribution in [1.29, 1.82) is 0 Å². The monoisotopic (exact) mass is 349 g/mol. The van der Waals surface area contributed by atoms with Gasteiger partial charge in [-0.15, -0.1) is 0 Å². The molecule has 1 N–H and O–H groups in total. The zero-order valence-electron chi connectivity index (χ0n) is 14.0. The zero-order chi connectivity index (χ0) is 16.9. The minimum Gasteiger partial charge on any atom is -0.393 e. The first kappa shape index (κ1) is 17.4. The Morgan fingerprint density at radius 1 is 1.42 bits per heavy atom. The van der Waals surface area contributed by atoms with E-state index in [4.69, 9.17) is 16.1 Å². The topological polar surface area (TPSA) is 62.4 Å². The number of hydrogen-bond acceptors (Lipinski definition) is 5. The molecule has 2 aromatic rings. The summed E-state index contributed by atoms with van der Waals surface area (Å²) in [4.78, 5) is 6.92. The fraction of sp³-hybridized carbons (Fsp3) is 0.556. The summed E-state index contributed by atoms with van der Waals surface area (Å²) < 4.78 is 5.39. The second kappa shape index (κ2) is 8.10. The lowest BCUT2D eigenvalue weighted by Crippen LogP contribution is -2.42. The van der Waals surface area contributed by atoms with E-state index in [-0.39, 0.29) is 6.10 Å². The quantitative estimate of drug-likeness (QED) is 0.864. The first-order valence-electron chi connectivity index (χ1n) is 8.62. The van der Waals surface area contributed by atoms with Crippen LogP contribution in [0.4, 0.5) is 0 Å². The zero-order valence-corrected chi connectivity index (χ0v) is 14.7. The Morgan fingerprint density at radius 3 is 3.08 bits per heavy atom. The first-order chi connectivity index (χ1) is 11.6. The number of rotatable bonds is 6. The van der Waals surface area contributed by atoms with E-state index in [1.165, 1.54) is 12.8 Å². The Morgan fingerprint density at radius 2 is 2.29 bits per heavy atom. The third-order valence-corrected chi connectivity index (χ3v) is 4.76. The molecule has 0 amide bonds. The van der Waals surface area contributed by atoms with Gasteiger partial charge in [0.1, 0.15) is 0 Å². The lowest BCUT2D eigenvalue weighted by atomic mass is 9.97. The van der Waals surface area contributed by atoms with Crippen molar-refractivity contribution in [2.45, 2.75) is 51.2 Å². The molecule has 1 fully saturated rings. The van der Waals surface area contributed by atoms with Crippen LogP contribution >= 0.6 is 11.6 Å². The van der Waals surface area contributed by atoms with Crippen LogP contribution in [0.25, 0.3) is 11.4 Å². The van der Waals surface area contributed by atoms with Gasteiger partial charge in [0.15, 0.2) is 0 Å². The number of aliphatic hydroxyl groups excluding tert-OH is 1. The minimum absolute atomic E-state index is 0.256. The van der Waals surface area contributed by atoms with Gasteiger partial charge in [0.2, 0.25) is 11.7 Å². The van der Waals surface area contributed by atoms with Crippen LogP contribution in [0.3, 0.4) is 0 Å². The summed E-state index contributed by atoms with van der Waals surface area (Å²) in [5.41, 5.74) is 0.863. The van der Waals surface area contributed by atoms with E-state index in [1.807, 2.05) is 31.2 Å². The summed E-state index contributed by atoms with van der Waals surface area (Å²) >= 11 is 6.01. The van der Waals surface area contributed by atoms with E-state index in [0.29, 0.717) is 22.8 Å². The molecule has 0 aliphatic carbocycles. The predicted octanol–water partition coefficient (Wildman–Crippen LogP) is 3.56. The van der Waals surface area contributed by atoms with Gasteiger partial charge in [0, 0.05) is 29.6 Å². The summed E-state index contributed by atoms with van der Waals surface area (Å²) in [6, 6.07) is 7.91. The normalized spacial score (nSPS) is 20.2. The summed E-state index contributed by atoms with van der Waals surface area (Å²) in [6.45, 7) is 3.82. The lowest BCUT2D eigenvalue weighted by molar-refractivity contribution is 0.0862. The van der Waals surface area contributed by atoms with Gasteiger partial charge >= 0.3 is 0 Å². The molecule has 0 radical (unpaired) electrons. The van der Waals surface area contributed by atoms with Crippen LogP contribution in [0, 0.1) is 0 Å². The molecule has 1 aromatic carbocycles. The van der Waals surface area contributed by atoms with Crippen LogP contribution in [-0.2, 0) is 6.42 Å². The van der Waals surface area contributed by atoms with E-state index in [2.05, 4.69) is 15.0 Å². The summed E-state index contributed by atoms with van der Waals surface area (Å²) in [7, 11) is 0. The molecule has 0 spiro atoms. The van der Waals surface area contributed by atoms with E-state index in [0.717, 1.165) is 37.9 Å². The standard InChI is InChI=1S/C18H24ClN3O2/c1-13(23)11-16-7-2-3-9-22(16)10-8-17-20-18(21-24-17)14-5-4-6-15(19)12-14/h4-6,12-13,16,23H,2-3,7-11H2,1H3/t13-,16-/m0/s1. The number of nitrogens with zero attached hydrogens (tertiary/aromatic N) is 3. The minimum atomic E-state index is -0.256. The average molecular weight is 350 g/mol. The maximum absolute atomic E-state index is 9.68. The Kier molecular flexibility index (Phi) is 5.87. The summed E-state index contributed by atoms with van der Waals surface area (Å²) in [6.07, 6.45) is 4.92. The Labute approximate surface area is 147 Å². The fourth-order valence-corrected chi connectivity index (χ4v) is 3.55. The summed E-state index contributed by atoms with van der Waals surface area (Å²) in [5, 5.41) is 14.4. The Bertz CT molecular complexity index is 659. The van der Waals surface area contributed by atoms with Crippen LogP contribution in [0.1, 0.15) is 38.5 Å². The molecular weight excluding hydrogens is 326 g/mol. The third-order valence-electron chi connectivity index (χ3n) is 4.53. The molecule has 6 heteroatoms. The average Bonchev–Trinajstić information content (AvgIpc) is 3.02. The van der Waals surface area contributed by atoms with Gasteiger partial charge in [-0.05, 0) is 44.9 Å². The van der Waals surface area contributed by atoms with Crippen molar-refractivity contribution >= 4 is 11.6 Å². The number of halogens is 1. The first-order valence-corrected chi connectivity index (χ1v) is 9.00. The molecule has 0 saturated carbocycles. The SMILES string of the molecule is C[C@H](O)C[C@@H]1CCCCN1CCc1nc(-c2cccc(Cl)c2)no1. The van der Waals surface area contributed by atoms with Crippen LogP contribution in [0.2, 0.25) is 5.02 Å². The molecular formula is C18H24ClN3O2. The van der Waals surface area contributed by atoms with Gasteiger partial charge in [0.25, 0.3) is 0 Å². The van der Waals surface area contributed by atoms with Crippen molar-refractivity contribution in [2.75, 3.05) is 13.1 Å². The van der Waals surface area contributed by atoms with Gasteiger partial charge in [-0.1, -0.05) is 35.3 Å². The van der Waals surface area contributed by atoms with Gasteiger partial charge in [-0.25, -0.2) is 0 Å². The van der Waals surface area contributed by atoms with Crippen molar-refractivity contribution < 1.29 is 9.63 Å². The second-order valence-corrected chi connectivity index (χ2v) is 6.98. The smallest absolute Gasteiger partial charge is 0.228 e. The van der Waals surface area contributed by atoms with E-state index in [9.17, 15) is 5.11 Å². The molecule has 3 rings (SSSR count). The molecule has 0 bridgehead atoms. The van der Waals surface area contributed by atoms with Gasteiger partial charge < -0.3 is 9.63 Å². The van der Waals surface area contributed by atoms with Crippen molar-refractivity contribution in [3.8, 4) is 11.4 Å². The van der Waals surface area contributed by atoms with Crippen LogP contribution in [0.15, 0.2) is 28.8 Å². The van der Waals surface area contributed by atoms with Crippen molar-refractivity contribution in [3.63, 3.8) is 0 Å². The maximum atomic E-state index is 9.68. The van der Waals surface area contributed by atoms with Gasteiger partial charge in [-0.2, -0.15) is 4.98 Å². The van der Waals surface area contributed by atoms with E-state index >= 15 is 0 Å². The Balaban J connectivity index is 1.60. The maximum Gasteiger partial charge on any atom is 0.228 e. The number of piperidine rings is 1. The second-order valence-electron chi connectivity index (χ2n) is 6.54. The number of likely N-dealkylation sites (tertiary alicyclic amines) is 1. The molecule has 0 unspecified atom stereocenters. The molecule has 2 atom stereocenters. The number of aromatic nitrogens is 2. The molecule has 2 heterocycles. The highest BCUT2D eigenvalue weighted by atomic mass is 35.5. The largest absolute Gasteiger partial charge is 0.393 e. The van der Waals surface area contributed by atoms with E-state index in [1.54, 1.807) is 0 Å². The predicted molar refractivity (Wildman–Crippen MR) is 94.0 cm³/mol. The molecule has 5 nitrogen and oxygen atoms in total. The molecule has 1 aliphatic heterocycles. The highest BCUT2D eigenvalue weighted by molar-refractivity contribution is 6.30. The van der Waals surface area contributed by atoms with Crippen molar-refractivity contribution in [3.05, 3.63) is 35.2 Å². The van der Waals surface area contributed by atoms with Gasteiger partial charge in [0.05, 0.1) is 6.10 Å². The number of benzene rings is 1. The van der Waals surface area contributed by atoms with Gasteiger partial charge in [-0.3, -0.25) is 4.90 Å². The molecule has 1 aromatic heterocycles. The molecule has 1 saturated heterocycles. The molecule has 130 valence electrons. The molecule has 24 heavy (non-hydrogen) atoms. The van der Waals surface area contributed by atoms with Crippen LogP contribution < -0.4 is 0 Å². The lowest BCUT2D eigenvalue weighted by Gasteiger charge is -2.36. The summed E-state index contributed by atoms with van der Waals surface area (Å²) in [5.74, 6) is 1.22. The van der Waals surface area contributed by atoms with Crippen molar-refractivity contribution in [2.24, 2.45) is 0 Å². The number of aliphatic hydroxyl groups is 1. The highest BCUT2D eigenvalue weighted by Crippen LogP contribution is 2.22. The molecule has 1 aliphatic rings.